The highest BCUT2D eigenvalue weighted by molar-refractivity contribution is 5.90. The molecule has 0 aliphatic carbocycles. The summed E-state index contributed by atoms with van der Waals surface area (Å²) in [5, 5.41) is 3.97. The molecule has 2 aromatic rings. The van der Waals surface area contributed by atoms with Crippen LogP contribution in [-0.2, 0) is 6.42 Å². The molecule has 6 heteroatoms. The van der Waals surface area contributed by atoms with Crippen molar-refractivity contribution in [2.45, 2.75) is 6.42 Å². The summed E-state index contributed by atoms with van der Waals surface area (Å²) in [6.45, 7) is 0.439. The van der Waals surface area contributed by atoms with Crippen LogP contribution in [0.4, 0.5) is 4.39 Å². The Kier molecular flexibility index (Phi) is 3.38. The number of rotatable bonds is 4. The smallest absolute Gasteiger partial charge is 0.269 e. The fourth-order valence-corrected chi connectivity index (χ4v) is 1.68. The summed E-state index contributed by atoms with van der Waals surface area (Å²) in [6, 6.07) is 6.01. The van der Waals surface area contributed by atoms with Crippen LogP contribution in [0.25, 0.3) is 5.69 Å². The lowest BCUT2D eigenvalue weighted by molar-refractivity contribution is 0.0995. The summed E-state index contributed by atoms with van der Waals surface area (Å²) in [5.74, 6) is -0.987. The maximum Gasteiger partial charge on any atom is 0.269 e. The molecule has 1 aromatic heterocycles. The predicted molar refractivity (Wildman–Crippen MR) is 64.8 cm³/mol. The summed E-state index contributed by atoms with van der Waals surface area (Å²) in [4.78, 5) is 10.9. The summed E-state index contributed by atoms with van der Waals surface area (Å²) in [6.07, 6.45) is 2.13. The first-order valence-electron chi connectivity index (χ1n) is 5.45. The number of amides is 1. The molecule has 0 spiro atoms. The van der Waals surface area contributed by atoms with Gasteiger partial charge in [0.25, 0.3) is 5.91 Å². The van der Waals surface area contributed by atoms with Gasteiger partial charge < -0.3 is 11.5 Å². The average molecular weight is 248 g/mol. The van der Waals surface area contributed by atoms with E-state index in [-0.39, 0.29) is 11.5 Å². The van der Waals surface area contributed by atoms with Crippen LogP contribution < -0.4 is 11.5 Å². The molecule has 0 radical (unpaired) electrons. The van der Waals surface area contributed by atoms with Crippen LogP contribution in [-0.4, -0.2) is 22.2 Å². The van der Waals surface area contributed by atoms with Crippen LogP contribution in [0.2, 0.25) is 0 Å². The second kappa shape index (κ2) is 4.97. The number of nitrogens with two attached hydrogens (primary N) is 2. The van der Waals surface area contributed by atoms with Crippen LogP contribution in [0.5, 0.6) is 0 Å². The van der Waals surface area contributed by atoms with Crippen LogP contribution in [0.3, 0.4) is 0 Å². The van der Waals surface area contributed by atoms with E-state index in [1.807, 2.05) is 0 Å². The molecular weight excluding hydrogens is 235 g/mol. The monoisotopic (exact) mass is 248 g/mol. The summed E-state index contributed by atoms with van der Waals surface area (Å²) >= 11 is 0. The van der Waals surface area contributed by atoms with Gasteiger partial charge in [0, 0.05) is 6.20 Å². The molecule has 4 N–H and O–H groups in total. The lowest BCUT2D eigenvalue weighted by Gasteiger charge is -2.05. The number of halogens is 1. The Labute approximate surface area is 103 Å². The Bertz CT molecular complexity index is 579. The van der Waals surface area contributed by atoms with E-state index in [4.69, 9.17) is 11.5 Å². The van der Waals surface area contributed by atoms with Gasteiger partial charge in [-0.2, -0.15) is 5.10 Å². The Balaban J connectivity index is 2.39. The molecule has 0 fully saturated rings. The number of benzene rings is 1. The highest BCUT2D eigenvalue weighted by Gasteiger charge is 2.07. The van der Waals surface area contributed by atoms with Gasteiger partial charge in [-0.05, 0) is 42.8 Å². The van der Waals surface area contributed by atoms with E-state index in [1.165, 1.54) is 22.9 Å². The summed E-state index contributed by atoms with van der Waals surface area (Å²) in [7, 11) is 0. The molecule has 94 valence electrons. The molecule has 1 amide bonds. The summed E-state index contributed by atoms with van der Waals surface area (Å²) < 4.78 is 14.8. The van der Waals surface area contributed by atoms with Gasteiger partial charge in [-0.25, -0.2) is 9.07 Å². The van der Waals surface area contributed by atoms with E-state index < -0.39 is 5.91 Å². The van der Waals surface area contributed by atoms with Crippen LogP contribution in [0.15, 0.2) is 30.5 Å². The van der Waals surface area contributed by atoms with Gasteiger partial charge in [-0.15, -0.1) is 0 Å². The molecule has 0 unspecified atom stereocenters. The quantitative estimate of drug-likeness (QED) is 0.831. The third-order valence-corrected chi connectivity index (χ3v) is 2.48. The SMILES string of the molecule is NCCc1cc(F)cc(-n2ccc(C(N)=O)n2)c1. The zero-order chi connectivity index (χ0) is 13.1. The largest absolute Gasteiger partial charge is 0.364 e. The number of aromatic nitrogens is 2. The van der Waals surface area contributed by atoms with Gasteiger partial charge in [-0.3, -0.25) is 4.79 Å². The first-order valence-corrected chi connectivity index (χ1v) is 5.45. The van der Waals surface area contributed by atoms with Crippen molar-refractivity contribution < 1.29 is 9.18 Å². The minimum absolute atomic E-state index is 0.139. The van der Waals surface area contributed by atoms with Crippen molar-refractivity contribution in [2.24, 2.45) is 11.5 Å². The molecule has 18 heavy (non-hydrogen) atoms. The first-order chi connectivity index (χ1) is 8.60. The molecule has 0 saturated heterocycles. The van der Waals surface area contributed by atoms with Gasteiger partial charge >= 0.3 is 0 Å². The fourth-order valence-electron chi connectivity index (χ4n) is 1.68. The highest BCUT2D eigenvalue weighted by atomic mass is 19.1. The van der Waals surface area contributed by atoms with Gasteiger partial charge in [0.1, 0.15) is 11.5 Å². The maximum atomic E-state index is 13.4. The Hall–Kier alpha value is -2.21. The maximum absolute atomic E-state index is 13.4. The Morgan fingerprint density at radius 1 is 1.39 bits per heavy atom. The molecule has 0 saturated carbocycles. The molecule has 0 atom stereocenters. The third-order valence-electron chi connectivity index (χ3n) is 2.48. The van der Waals surface area contributed by atoms with Gasteiger partial charge in [0.2, 0.25) is 0 Å². The molecule has 0 bridgehead atoms. The molecule has 1 heterocycles. The number of carbonyl (C=O) groups is 1. The van der Waals surface area contributed by atoms with E-state index >= 15 is 0 Å². The first kappa shape index (κ1) is 12.3. The molecule has 0 aliphatic rings. The van der Waals surface area contributed by atoms with Crippen molar-refractivity contribution in [3.8, 4) is 5.69 Å². The normalized spacial score (nSPS) is 10.6. The van der Waals surface area contributed by atoms with Crippen molar-refractivity contribution in [3.05, 3.63) is 47.5 Å². The van der Waals surface area contributed by atoms with E-state index in [1.54, 1.807) is 12.3 Å². The number of primary amides is 1. The van der Waals surface area contributed by atoms with E-state index in [0.717, 1.165) is 5.56 Å². The van der Waals surface area contributed by atoms with Gasteiger partial charge in [-0.1, -0.05) is 0 Å². The zero-order valence-corrected chi connectivity index (χ0v) is 9.64. The highest BCUT2D eigenvalue weighted by Crippen LogP contribution is 2.14. The average Bonchev–Trinajstić information content (AvgIpc) is 2.78. The van der Waals surface area contributed by atoms with E-state index in [9.17, 15) is 9.18 Å². The van der Waals surface area contributed by atoms with Crippen LogP contribution >= 0.6 is 0 Å². The molecular formula is C12H13FN4O. The fraction of sp³-hybridized carbons (Fsp3) is 0.167. The van der Waals surface area contributed by atoms with Crippen molar-refractivity contribution in [1.82, 2.24) is 9.78 Å². The second-order valence-electron chi connectivity index (χ2n) is 3.87. The second-order valence-corrected chi connectivity index (χ2v) is 3.87. The van der Waals surface area contributed by atoms with Crippen molar-refractivity contribution in [1.29, 1.82) is 0 Å². The van der Waals surface area contributed by atoms with Crippen molar-refractivity contribution in [3.63, 3.8) is 0 Å². The van der Waals surface area contributed by atoms with Gasteiger partial charge in [0.15, 0.2) is 0 Å². The van der Waals surface area contributed by atoms with E-state index in [2.05, 4.69) is 5.10 Å². The van der Waals surface area contributed by atoms with Crippen LogP contribution in [0.1, 0.15) is 16.1 Å². The molecule has 5 nitrogen and oxygen atoms in total. The lowest BCUT2D eigenvalue weighted by atomic mass is 10.1. The number of carbonyl (C=O) groups excluding carboxylic acids is 1. The Morgan fingerprint density at radius 3 is 2.78 bits per heavy atom. The zero-order valence-electron chi connectivity index (χ0n) is 9.64. The van der Waals surface area contributed by atoms with E-state index in [0.29, 0.717) is 18.7 Å². The minimum Gasteiger partial charge on any atom is -0.364 e. The molecule has 2 rings (SSSR count). The number of nitrogens with zero attached hydrogens (tertiary/aromatic N) is 2. The topological polar surface area (TPSA) is 86.9 Å². The van der Waals surface area contributed by atoms with Crippen LogP contribution in [0, 0.1) is 5.82 Å². The molecule has 1 aromatic carbocycles. The predicted octanol–water partition coefficient (Wildman–Crippen LogP) is 0.611. The van der Waals surface area contributed by atoms with Gasteiger partial charge in [0.05, 0.1) is 5.69 Å². The number of hydrogen-bond donors (Lipinski definition) is 2. The number of hydrogen-bond acceptors (Lipinski definition) is 3. The lowest BCUT2D eigenvalue weighted by Crippen LogP contribution is -2.12. The Morgan fingerprint density at radius 2 is 2.17 bits per heavy atom. The molecule has 0 aliphatic heterocycles. The standard InChI is InChI=1S/C12H13FN4O/c13-9-5-8(1-3-14)6-10(7-9)17-4-2-11(16-17)12(15)18/h2,4-7H,1,3,14H2,(H2,15,18). The third kappa shape index (κ3) is 2.54. The minimum atomic E-state index is -0.618. The summed E-state index contributed by atoms with van der Waals surface area (Å²) in [5.41, 5.74) is 12.0. The van der Waals surface area contributed by atoms with Crippen molar-refractivity contribution >= 4 is 5.91 Å². The van der Waals surface area contributed by atoms with Crippen molar-refractivity contribution in [2.75, 3.05) is 6.54 Å².